The third kappa shape index (κ3) is 2.58. The van der Waals surface area contributed by atoms with Gasteiger partial charge in [-0.05, 0) is 53.0 Å². The van der Waals surface area contributed by atoms with Crippen molar-refractivity contribution < 1.29 is 4.74 Å². The number of hydrogen-bond donors (Lipinski definition) is 1. The molecule has 2 aromatic rings. The SMILES string of the molecule is Cc1cnc(Oc2cccc(C)c2N)c(Br)c1. The number of nitrogen functional groups attached to an aromatic ring is 1. The van der Waals surface area contributed by atoms with Gasteiger partial charge in [-0.25, -0.2) is 4.98 Å². The molecule has 0 atom stereocenters. The van der Waals surface area contributed by atoms with Crippen LogP contribution in [0.5, 0.6) is 11.6 Å². The average molecular weight is 293 g/mol. The van der Waals surface area contributed by atoms with Gasteiger partial charge in [0.05, 0.1) is 10.2 Å². The molecular weight excluding hydrogens is 280 g/mol. The highest BCUT2D eigenvalue weighted by molar-refractivity contribution is 9.10. The Morgan fingerprint density at radius 2 is 2.06 bits per heavy atom. The second-order valence-electron chi connectivity index (χ2n) is 3.89. The molecule has 1 aromatic carbocycles. The topological polar surface area (TPSA) is 48.1 Å². The van der Waals surface area contributed by atoms with Crippen LogP contribution in [0.25, 0.3) is 0 Å². The summed E-state index contributed by atoms with van der Waals surface area (Å²) in [6, 6.07) is 7.63. The van der Waals surface area contributed by atoms with Gasteiger partial charge in [0.1, 0.15) is 0 Å². The Kier molecular flexibility index (Phi) is 3.33. The molecule has 1 aromatic heterocycles. The first-order valence-electron chi connectivity index (χ1n) is 5.23. The Morgan fingerprint density at radius 3 is 2.76 bits per heavy atom. The highest BCUT2D eigenvalue weighted by Gasteiger charge is 2.08. The number of nitrogens with two attached hydrogens (primary N) is 1. The van der Waals surface area contributed by atoms with Crippen LogP contribution < -0.4 is 10.5 Å². The normalized spacial score (nSPS) is 10.3. The summed E-state index contributed by atoms with van der Waals surface area (Å²) in [5, 5.41) is 0. The molecule has 0 aliphatic carbocycles. The van der Waals surface area contributed by atoms with E-state index in [1.54, 1.807) is 6.20 Å². The maximum Gasteiger partial charge on any atom is 0.233 e. The molecule has 88 valence electrons. The van der Waals surface area contributed by atoms with E-state index in [0.29, 0.717) is 17.3 Å². The number of halogens is 1. The molecule has 0 aliphatic rings. The zero-order chi connectivity index (χ0) is 12.4. The van der Waals surface area contributed by atoms with Crippen molar-refractivity contribution in [1.29, 1.82) is 0 Å². The third-order valence-electron chi connectivity index (χ3n) is 2.43. The first kappa shape index (κ1) is 11.9. The number of aryl methyl sites for hydroxylation is 2. The second-order valence-corrected chi connectivity index (χ2v) is 4.74. The summed E-state index contributed by atoms with van der Waals surface area (Å²) >= 11 is 3.42. The predicted octanol–water partition coefficient (Wildman–Crippen LogP) is 3.84. The van der Waals surface area contributed by atoms with Crippen LogP contribution in [0.1, 0.15) is 11.1 Å². The van der Waals surface area contributed by atoms with Gasteiger partial charge in [-0.15, -0.1) is 0 Å². The maximum absolute atomic E-state index is 5.94. The lowest BCUT2D eigenvalue weighted by molar-refractivity contribution is 0.461. The van der Waals surface area contributed by atoms with E-state index in [0.717, 1.165) is 15.6 Å². The molecular formula is C13H13BrN2O. The monoisotopic (exact) mass is 292 g/mol. The van der Waals surface area contributed by atoms with E-state index in [-0.39, 0.29) is 0 Å². The van der Waals surface area contributed by atoms with Gasteiger partial charge >= 0.3 is 0 Å². The van der Waals surface area contributed by atoms with E-state index < -0.39 is 0 Å². The highest BCUT2D eigenvalue weighted by atomic mass is 79.9. The first-order valence-corrected chi connectivity index (χ1v) is 6.02. The zero-order valence-corrected chi connectivity index (χ0v) is 11.3. The molecule has 0 aliphatic heterocycles. The summed E-state index contributed by atoms with van der Waals surface area (Å²) in [6.07, 6.45) is 1.76. The number of hydrogen-bond acceptors (Lipinski definition) is 3. The van der Waals surface area contributed by atoms with Crippen LogP contribution in [0.4, 0.5) is 5.69 Å². The lowest BCUT2D eigenvalue weighted by Crippen LogP contribution is -1.96. The zero-order valence-electron chi connectivity index (χ0n) is 9.70. The summed E-state index contributed by atoms with van der Waals surface area (Å²) in [6.45, 7) is 3.92. The number of aromatic nitrogens is 1. The van der Waals surface area contributed by atoms with Gasteiger partial charge in [0.25, 0.3) is 0 Å². The summed E-state index contributed by atoms with van der Waals surface area (Å²) < 4.78 is 6.51. The number of para-hydroxylation sites is 1. The molecule has 0 saturated heterocycles. The molecule has 0 unspecified atom stereocenters. The van der Waals surface area contributed by atoms with E-state index >= 15 is 0 Å². The summed E-state index contributed by atoms with van der Waals surface area (Å²) in [4.78, 5) is 4.22. The Balaban J connectivity index is 2.35. The fourth-order valence-corrected chi connectivity index (χ4v) is 1.99. The molecule has 0 spiro atoms. The van der Waals surface area contributed by atoms with Gasteiger partial charge in [0.15, 0.2) is 5.75 Å². The van der Waals surface area contributed by atoms with E-state index in [1.807, 2.05) is 38.1 Å². The third-order valence-corrected chi connectivity index (χ3v) is 3.00. The molecule has 0 radical (unpaired) electrons. The lowest BCUT2D eigenvalue weighted by Gasteiger charge is -2.10. The molecule has 0 bridgehead atoms. The Hall–Kier alpha value is -1.55. The molecule has 2 rings (SSSR count). The van der Waals surface area contributed by atoms with Crippen molar-refractivity contribution in [3.05, 3.63) is 46.1 Å². The number of anilines is 1. The smallest absolute Gasteiger partial charge is 0.233 e. The minimum Gasteiger partial charge on any atom is -0.436 e. The predicted molar refractivity (Wildman–Crippen MR) is 72.3 cm³/mol. The van der Waals surface area contributed by atoms with Crippen LogP contribution >= 0.6 is 15.9 Å². The Morgan fingerprint density at radius 1 is 1.29 bits per heavy atom. The Bertz CT molecular complexity index is 555. The summed E-state index contributed by atoms with van der Waals surface area (Å²) in [5.74, 6) is 1.15. The largest absolute Gasteiger partial charge is 0.436 e. The molecule has 3 nitrogen and oxygen atoms in total. The van der Waals surface area contributed by atoms with Crippen LogP contribution in [-0.2, 0) is 0 Å². The van der Waals surface area contributed by atoms with Crippen molar-refractivity contribution >= 4 is 21.6 Å². The van der Waals surface area contributed by atoms with Gasteiger partial charge in [-0.2, -0.15) is 0 Å². The molecule has 0 fully saturated rings. The van der Waals surface area contributed by atoms with Crippen LogP contribution in [0.3, 0.4) is 0 Å². The van der Waals surface area contributed by atoms with Crippen molar-refractivity contribution in [2.24, 2.45) is 0 Å². The molecule has 2 N–H and O–H groups in total. The Labute approximate surface area is 109 Å². The molecule has 1 heterocycles. The quantitative estimate of drug-likeness (QED) is 0.856. The number of nitrogens with zero attached hydrogens (tertiary/aromatic N) is 1. The number of pyridine rings is 1. The summed E-state index contributed by atoms with van der Waals surface area (Å²) in [5.41, 5.74) is 8.65. The van der Waals surface area contributed by atoms with Crippen LogP contribution in [0, 0.1) is 13.8 Å². The average Bonchev–Trinajstić information content (AvgIpc) is 2.28. The van der Waals surface area contributed by atoms with Gasteiger partial charge in [0, 0.05) is 6.20 Å². The maximum atomic E-state index is 5.94. The van der Waals surface area contributed by atoms with E-state index in [4.69, 9.17) is 10.5 Å². The summed E-state index contributed by atoms with van der Waals surface area (Å²) in [7, 11) is 0. The van der Waals surface area contributed by atoms with E-state index in [9.17, 15) is 0 Å². The van der Waals surface area contributed by atoms with Crippen molar-refractivity contribution in [3.8, 4) is 11.6 Å². The van der Waals surface area contributed by atoms with Gasteiger partial charge < -0.3 is 10.5 Å². The molecule has 0 amide bonds. The fraction of sp³-hybridized carbons (Fsp3) is 0.154. The van der Waals surface area contributed by atoms with Gasteiger partial charge in [-0.1, -0.05) is 12.1 Å². The molecule has 4 heteroatoms. The first-order chi connectivity index (χ1) is 8.08. The van der Waals surface area contributed by atoms with Crippen molar-refractivity contribution in [3.63, 3.8) is 0 Å². The minimum absolute atomic E-state index is 0.521. The molecule has 17 heavy (non-hydrogen) atoms. The lowest BCUT2D eigenvalue weighted by atomic mass is 10.2. The second kappa shape index (κ2) is 4.75. The van der Waals surface area contributed by atoms with Crippen molar-refractivity contribution in [2.45, 2.75) is 13.8 Å². The minimum atomic E-state index is 0.521. The highest BCUT2D eigenvalue weighted by Crippen LogP contribution is 2.32. The van der Waals surface area contributed by atoms with E-state index in [2.05, 4.69) is 20.9 Å². The van der Waals surface area contributed by atoms with Crippen molar-refractivity contribution in [1.82, 2.24) is 4.98 Å². The van der Waals surface area contributed by atoms with Gasteiger partial charge in [-0.3, -0.25) is 0 Å². The number of benzene rings is 1. The van der Waals surface area contributed by atoms with Crippen molar-refractivity contribution in [2.75, 3.05) is 5.73 Å². The van der Waals surface area contributed by atoms with Gasteiger partial charge in [0.2, 0.25) is 5.88 Å². The standard InChI is InChI=1S/C13H13BrN2O/c1-8-6-10(14)13(16-7-8)17-11-5-3-4-9(2)12(11)15/h3-7H,15H2,1-2H3. The van der Waals surface area contributed by atoms with Crippen LogP contribution in [-0.4, -0.2) is 4.98 Å². The van der Waals surface area contributed by atoms with Crippen LogP contribution in [0.2, 0.25) is 0 Å². The van der Waals surface area contributed by atoms with E-state index in [1.165, 1.54) is 0 Å². The fourth-order valence-electron chi connectivity index (χ4n) is 1.44. The number of ether oxygens (including phenoxy) is 1. The molecule has 0 saturated carbocycles. The van der Waals surface area contributed by atoms with Crippen LogP contribution in [0.15, 0.2) is 34.9 Å². The number of rotatable bonds is 2.